The second kappa shape index (κ2) is 16.9. The van der Waals surface area contributed by atoms with Gasteiger partial charge in [-0.1, -0.05) is 96.3 Å². The standard InChI is InChI=1S/C29H48N2O2/c1-4-7-9-11-13-17-21-31(22-18-14-12-10-8-5-2)24-28(32)26-23-29(33-6-3)30-27-20-16-15-19-25(26)27/h15-16,19-20,23,28,32H,4-14,17-18,21-22,24H2,1-3H3/t28-/m1/s1. The Morgan fingerprint density at radius 2 is 1.39 bits per heavy atom. The van der Waals surface area contributed by atoms with Crippen molar-refractivity contribution in [3.63, 3.8) is 0 Å². The first-order valence-corrected chi connectivity index (χ1v) is 13.6. The number of para-hydroxylation sites is 1. The number of unbranched alkanes of at least 4 members (excludes halogenated alkanes) is 10. The molecule has 186 valence electrons. The average Bonchev–Trinajstić information content (AvgIpc) is 2.82. The molecule has 0 spiro atoms. The first-order valence-electron chi connectivity index (χ1n) is 13.6. The third kappa shape index (κ3) is 10.4. The van der Waals surface area contributed by atoms with E-state index in [2.05, 4.69) is 29.8 Å². The molecule has 1 heterocycles. The van der Waals surface area contributed by atoms with E-state index >= 15 is 0 Å². The topological polar surface area (TPSA) is 45.6 Å². The van der Waals surface area contributed by atoms with Gasteiger partial charge in [0.25, 0.3) is 0 Å². The van der Waals surface area contributed by atoms with Crippen LogP contribution in [-0.4, -0.2) is 41.2 Å². The zero-order valence-electron chi connectivity index (χ0n) is 21.5. The van der Waals surface area contributed by atoms with Crippen LogP contribution in [0.15, 0.2) is 30.3 Å². The molecule has 4 heteroatoms. The van der Waals surface area contributed by atoms with Crippen LogP contribution in [0.4, 0.5) is 0 Å². The Kier molecular flexibility index (Phi) is 14.1. The predicted molar refractivity (Wildman–Crippen MR) is 141 cm³/mol. The van der Waals surface area contributed by atoms with Crippen molar-refractivity contribution < 1.29 is 9.84 Å². The number of aliphatic hydroxyl groups excluding tert-OH is 1. The fourth-order valence-electron chi connectivity index (χ4n) is 4.54. The lowest BCUT2D eigenvalue weighted by Gasteiger charge is -2.26. The molecule has 33 heavy (non-hydrogen) atoms. The number of rotatable bonds is 19. The van der Waals surface area contributed by atoms with E-state index < -0.39 is 6.10 Å². The summed E-state index contributed by atoms with van der Waals surface area (Å²) in [6, 6.07) is 10.0. The normalized spacial score (nSPS) is 12.5. The van der Waals surface area contributed by atoms with Crippen molar-refractivity contribution in [2.24, 2.45) is 0 Å². The molecule has 1 atom stereocenters. The van der Waals surface area contributed by atoms with Gasteiger partial charge in [-0.25, -0.2) is 4.98 Å². The van der Waals surface area contributed by atoms with Gasteiger partial charge in [0, 0.05) is 18.0 Å². The molecule has 1 aromatic heterocycles. The molecule has 1 N–H and O–H groups in total. The summed E-state index contributed by atoms with van der Waals surface area (Å²) in [5.74, 6) is 0.601. The minimum atomic E-state index is -0.544. The number of benzene rings is 1. The van der Waals surface area contributed by atoms with Crippen molar-refractivity contribution >= 4 is 10.9 Å². The van der Waals surface area contributed by atoms with E-state index in [1.165, 1.54) is 77.0 Å². The van der Waals surface area contributed by atoms with Crippen molar-refractivity contribution in [3.05, 3.63) is 35.9 Å². The van der Waals surface area contributed by atoms with E-state index in [4.69, 9.17) is 4.74 Å². The summed E-state index contributed by atoms with van der Waals surface area (Å²) in [6.45, 7) is 9.88. The maximum Gasteiger partial charge on any atom is 0.214 e. The monoisotopic (exact) mass is 456 g/mol. The van der Waals surface area contributed by atoms with Crippen LogP contribution in [0.5, 0.6) is 5.88 Å². The third-order valence-electron chi connectivity index (χ3n) is 6.46. The highest BCUT2D eigenvalue weighted by molar-refractivity contribution is 5.83. The van der Waals surface area contributed by atoms with Gasteiger partial charge < -0.3 is 14.7 Å². The molecule has 2 aromatic rings. The summed E-state index contributed by atoms with van der Waals surface area (Å²) >= 11 is 0. The minimum absolute atomic E-state index is 0.544. The molecule has 4 nitrogen and oxygen atoms in total. The van der Waals surface area contributed by atoms with Gasteiger partial charge in [-0.15, -0.1) is 0 Å². The Balaban J connectivity index is 2.01. The van der Waals surface area contributed by atoms with Gasteiger partial charge in [0.05, 0.1) is 18.2 Å². The summed E-state index contributed by atoms with van der Waals surface area (Å²) in [6.07, 6.45) is 15.1. The predicted octanol–water partition coefficient (Wildman–Crippen LogP) is 7.69. The van der Waals surface area contributed by atoms with Gasteiger partial charge in [-0.3, -0.25) is 0 Å². The van der Waals surface area contributed by atoms with Gasteiger partial charge >= 0.3 is 0 Å². The van der Waals surface area contributed by atoms with Crippen LogP contribution < -0.4 is 4.74 Å². The van der Waals surface area contributed by atoms with E-state index in [9.17, 15) is 5.11 Å². The summed E-state index contributed by atoms with van der Waals surface area (Å²) in [7, 11) is 0. The smallest absolute Gasteiger partial charge is 0.214 e. The van der Waals surface area contributed by atoms with Crippen LogP contribution in [0.25, 0.3) is 10.9 Å². The summed E-state index contributed by atoms with van der Waals surface area (Å²) in [4.78, 5) is 7.10. The van der Waals surface area contributed by atoms with Crippen LogP contribution >= 0.6 is 0 Å². The quantitative estimate of drug-likeness (QED) is 0.220. The van der Waals surface area contributed by atoms with Gasteiger partial charge in [-0.2, -0.15) is 0 Å². The largest absolute Gasteiger partial charge is 0.478 e. The first kappa shape index (κ1) is 27.6. The second-order valence-electron chi connectivity index (χ2n) is 9.35. The number of aromatic nitrogens is 1. The molecule has 0 saturated heterocycles. The molecule has 0 fully saturated rings. The van der Waals surface area contributed by atoms with Gasteiger partial charge in [-0.05, 0) is 44.5 Å². The van der Waals surface area contributed by atoms with Crippen molar-refractivity contribution in [3.8, 4) is 5.88 Å². The Bertz CT molecular complexity index is 748. The molecule has 0 aliphatic heterocycles. The Labute approximate surface area is 202 Å². The minimum Gasteiger partial charge on any atom is -0.478 e. The fraction of sp³-hybridized carbons (Fsp3) is 0.690. The summed E-state index contributed by atoms with van der Waals surface area (Å²) in [5, 5.41) is 12.3. The lowest BCUT2D eigenvalue weighted by molar-refractivity contribution is 0.111. The highest BCUT2D eigenvalue weighted by Crippen LogP contribution is 2.28. The zero-order chi connectivity index (χ0) is 23.7. The van der Waals surface area contributed by atoms with E-state index in [1.54, 1.807) is 0 Å². The summed E-state index contributed by atoms with van der Waals surface area (Å²) < 4.78 is 5.70. The number of nitrogens with zero attached hydrogens (tertiary/aromatic N) is 2. The highest BCUT2D eigenvalue weighted by atomic mass is 16.5. The number of pyridine rings is 1. The van der Waals surface area contributed by atoms with Gasteiger partial charge in [0.2, 0.25) is 5.88 Å². The van der Waals surface area contributed by atoms with E-state index in [0.717, 1.165) is 29.6 Å². The SMILES string of the molecule is CCCCCCCCN(CCCCCCCC)C[C@@H](O)c1cc(OCC)nc2ccccc12. The average molecular weight is 457 g/mol. The molecule has 0 unspecified atom stereocenters. The maximum absolute atomic E-state index is 11.3. The van der Waals surface area contributed by atoms with Crippen molar-refractivity contribution in [1.29, 1.82) is 0 Å². The molecule has 0 bridgehead atoms. The Hall–Kier alpha value is -1.65. The van der Waals surface area contributed by atoms with Gasteiger partial charge in [0.15, 0.2) is 0 Å². The highest BCUT2D eigenvalue weighted by Gasteiger charge is 2.18. The van der Waals surface area contributed by atoms with Crippen molar-refractivity contribution in [1.82, 2.24) is 9.88 Å². The number of fused-ring (bicyclic) bond motifs is 1. The maximum atomic E-state index is 11.3. The lowest BCUT2D eigenvalue weighted by Crippen LogP contribution is -2.31. The Morgan fingerprint density at radius 1 is 0.818 bits per heavy atom. The van der Waals surface area contributed by atoms with E-state index in [-0.39, 0.29) is 0 Å². The molecule has 0 saturated carbocycles. The molecule has 0 radical (unpaired) electrons. The molecule has 2 rings (SSSR count). The van der Waals surface area contributed by atoms with Crippen LogP contribution in [0.3, 0.4) is 0 Å². The number of aliphatic hydroxyl groups is 1. The first-order chi connectivity index (χ1) is 16.2. The van der Waals surface area contributed by atoms with Crippen LogP contribution in [-0.2, 0) is 0 Å². The van der Waals surface area contributed by atoms with E-state index in [1.807, 2.05) is 31.2 Å². The van der Waals surface area contributed by atoms with Crippen LogP contribution in [0.2, 0.25) is 0 Å². The van der Waals surface area contributed by atoms with Gasteiger partial charge in [0.1, 0.15) is 0 Å². The molecule has 1 aromatic carbocycles. The number of ether oxygens (including phenoxy) is 1. The molecule has 0 amide bonds. The second-order valence-corrected chi connectivity index (χ2v) is 9.35. The fourth-order valence-corrected chi connectivity index (χ4v) is 4.54. The lowest BCUT2D eigenvalue weighted by atomic mass is 10.0. The number of hydrogen-bond acceptors (Lipinski definition) is 4. The molecular weight excluding hydrogens is 408 g/mol. The van der Waals surface area contributed by atoms with Crippen molar-refractivity contribution in [2.75, 3.05) is 26.2 Å². The molecule has 0 aliphatic carbocycles. The van der Waals surface area contributed by atoms with Crippen LogP contribution in [0, 0.1) is 0 Å². The van der Waals surface area contributed by atoms with Crippen molar-refractivity contribution in [2.45, 2.75) is 104 Å². The Morgan fingerprint density at radius 3 is 2.00 bits per heavy atom. The molecular formula is C29H48N2O2. The van der Waals surface area contributed by atoms with Crippen LogP contribution in [0.1, 0.15) is 109 Å². The summed E-state index contributed by atoms with van der Waals surface area (Å²) in [5.41, 5.74) is 1.82. The third-order valence-corrected chi connectivity index (χ3v) is 6.46. The van der Waals surface area contributed by atoms with E-state index in [0.29, 0.717) is 19.0 Å². The molecule has 0 aliphatic rings. The number of hydrogen-bond donors (Lipinski definition) is 1. The zero-order valence-corrected chi connectivity index (χ0v) is 21.5.